The van der Waals surface area contributed by atoms with Crippen molar-refractivity contribution >= 4 is 5.91 Å². The van der Waals surface area contributed by atoms with E-state index < -0.39 is 0 Å². The number of amides is 1. The van der Waals surface area contributed by atoms with Crippen molar-refractivity contribution in [2.75, 3.05) is 47.6 Å². The van der Waals surface area contributed by atoms with E-state index >= 15 is 0 Å². The Balaban J connectivity index is 2.77. The lowest BCUT2D eigenvalue weighted by molar-refractivity contribution is 0.0916. The second-order valence-electron chi connectivity index (χ2n) is 4.06. The summed E-state index contributed by atoms with van der Waals surface area (Å²) >= 11 is 0. The molecule has 1 amide bonds. The van der Waals surface area contributed by atoms with Crippen LogP contribution in [0.2, 0.25) is 0 Å². The monoisotopic (exact) mass is 298 g/mol. The van der Waals surface area contributed by atoms with E-state index in [1.807, 2.05) is 0 Å². The van der Waals surface area contributed by atoms with Crippen LogP contribution < -0.4 is 25.3 Å². The van der Waals surface area contributed by atoms with Crippen LogP contribution in [-0.2, 0) is 4.74 Å². The molecule has 0 atom stereocenters. The molecule has 0 spiro atoms. The number of hydrogen-bond donors (Lipinski definition) is 2. The van der Waals surface area contributed by atoms with Crippen molar-refractivity contribution in [3.05, 3.63) is 17.7 Å². The standard InChI is InChI=1S/C14H22N2O5/c1-18-11-9-13(20-3)12(19-2)8-10(11)14(17)16-5-7-21-6-4-15/h8-9H,4-7,15H2,1-3H3,(H,16,17). The van der Waals surface area contributed by atoms with Crippen molar-refractivity contribution in [2.24, 2.45) is 5.73 Å². The predicted octanol–water partition coefficient (Wildman–Crippen LogP) is 0.418. The van der Waals surface area contributed by atoms with Gasteiger partial charge >= 0.3 is 0 Å². The molecule has 1 rings (SSSR count). The van der Waals surface area contributed by atoms with Crippen LogP contribution in [0.15, 0.2) is 12.1 Å². The molecule has 21 heavy (non-hydrogen) atoms. The first-order valence-electron chi connectivity index (χ1n) is 6.54. The van der Waals surface area contributed by atoms with E-state index in [0.717, 1.165) is 0 Å². The van der Waals surface area contributed by atoms with Crippen LogP contribution >= 0.6 is 0 Å². The Hall–Kier alpha value is -1.99. The summed E-state index contributed by atoms with van der Waals surface area (Å²) in [6.45, 7) is 1.71. The predicted molar refractivity (Wildman–Crippen MR) is 78.3 cm³/mol. The number of rotatable bonds is 9. The van der Waals surface area contributed by atoms with Crippen molar-refractivity contribution in [3.8, 4) is 17.2 Å². The van der Waals surface area contributed by atoms with Gasteiger partial charge in [-0.05, 0) is 0 Å². The molecule has 0 aliphatic heterocycles. The minimum absolute atomic E-state index is 0.274. The SMILES string of the molecule is COc1cc(OC)c(C(=O)NCCOCCN)cc1OC. The van der Waals surface area contributed by atoms with Gasteiger partial charge in [-0.2, -0.15) is 0 Å². The van der Waals surface area contributed by atoms with Crippen LogP contribution in [-0.4, -0.2) is 53.5 Å². The van der Waals surface area contributed by atoms with Gasteiger partial charge in [-0.15, -0.1) is 0 Å². The third kappa shape index (κ3) is 4.80. The highest BCUT2D eigenvalue weighted by Gasteiger charge is 2.17. The van der Waals surface area contributed by atoms with Crippen LogP contribution in [0, 0.1) is 0 Å². The Morgan fingerprint density at radius 2 is 1.67 bits per heavy atom. The van der Waals surface area contributed by atoms with Gasteiger partial charge in [0.15, 0.2) is 11.5 Å². The average molecular weight is 298 g/mol. The van der Waals surface area contributed by atoms with Gasteiger partial charge in [0.1, 0.15) is 5.75 Å². The number of hydrogen-bond acceptors (Lipinski definition) is 6. The van der Waals surface area contributed by atoms with Crippen LogP contribution in [0.3, 0.4) is 0 Å². The summed E-state index contributed by atoms with van der Waals surface area (Å²) in [6, 6.07) is 3.19. The van der Waals surface area contributed by atoms with E-state index in [1.54, 1.807) is 12.1 Å². The first kappa shape index (κ1) is 17.1. The topological polar surface area (TPSA) is 92.0 Å². The Morgan fingerprint density at radius 1 is 1.05 bits per heavy atom. The van der Waals surface area contributed by atoms with Crippen molar-refractivity contribution < 1.29 is 23.7 Å². The van der Waals surface area contributed by atoms with Crippen LogP contribution in [0.4, 0.5) is 0 Å². The van der Waals surface area contributed by atoms with Crippen molar-refractivity contribution in [2.45, 2.75) is 0 Å². The first-order chi connectivity index (χ1) is 10.2. The quantitative estimate of drug-likeness (QED) is 0.642. The number of ether oxygens (including phenoxy) is 4. The molecule has 0 saturated carbocycles. The third-order valence-corrected chi connectivity index (χ3v) is 2.74. The number of carbonyl (C=O) groups is 1. The van der Waals surface area contributed by atoms with Gasteiger partial charge in [0, 0.05) is 25.2 Å². The van der Waals surface area contributed by atoms with E-state index in [-0.39, 0.29) is 5.91 Å². The lowest BCUT2D eigenvalue weighted by atomic mass is 10.1. The molecule has 0 bridgehead atoms. The maximum Gasteiger partial charge on any atom is 0.255 e. The van der Waals surface area contributed by atoms with Crippen LogP contribution in [0.25, 0.3) is 0 Å². The lowest BCUT2D eigenvalue weighted by Crippen LogP contribution is -2.28. The average Bonchev–Trinajstić information content (AvgIpc) is 2.52. The second-order valence-corrected chi connectivity index (χ2v) is 4.06. The van der Waals surface area contributed by atoms with E-state index in [2.05, 4.69) is 5.32 Å². The molecule has 0 unspecified atom stereocenters. The van der Waals surface area contributed by atoms with Crippen molar-refractivity contribution in [1.29, 1.82) is 0 Å². The summed E-state index contributed by atoms with van der Waals surface area (Å²) in [6.07, 6.45) is 0. The molecule has 0 aliphatic carbocycles. The Bertz CT molecular complexity index is 465. The molecule has 0 aliphatic rings. The largest absolute Gasteiger partial charge is 0.496 e. The maximum atomic E-state index is 12.2. The summed E-state index contributed by atoms with van der Waals surface area (Å²) in [4.78, 5) is 12.2. The fourth-order valence-electron chi connectivity index (χ4n) is 1.72. The van der Waals surface area contributed by atoms with Gasteiger partial charge in [-0.1, -0.05) is 0 Å². The van der Waals surface area contributed by atoms with Gasteiger partial charge < -0.3 is 30.0 Å². The van der Waals surface area contributed by atoms with Gasteiger partial charge in [-0.3, -0.25) is 4.79 Å². The zero-order chi connectivity index (χ0) is 15.7. The molecule has 1 aromatic carbocycles. The van der Waals surface area contributed by atoms with E-state index in [4.69, 9.17) is 24.7 Å². The normalized spacial score (nSPS) is 10.1. The highest BCUT2D eigenvalue weighted by atomic mass is 16.5. The molecule has 7 heteroatoms. The van der Waals surface area contributed by atoms with E-state index in [1.165, 1.54) is 21.3 Å². The fourth-order valence-corrected chi connectivity index (χ4v) is 1.72. The highest BCUT2D eigenvalue weighted by molar-refractivity contribution is 5.97. The number of carbonyl (C=O) groups excluding carboxylic acids is 1. The van der Waals surface area contributed by atoms with Crippen LogP contribution in [0.5, 0.6) is 17.2 Å². The van der Waals surface area contributed by atoms with Gasteiger partial charge in [0.25, 0.3) is 5.91 Å². The molecule has 0 saturated heterocycles. The Kier molecular flexibility index (Phi) is 7.34. The maximum absolute atomic E-state index is 12.2. The number of methoxy groups -OCH3 is 3. The first-order valence-corrected chi connectivity index (χ1v) is 6.54. The summed E-state index contributed by atoms with van der Waals surface area (Å²) in [5, 5.41) is 2.74. The Morgan fingerprint density at radius 3 is 2.24 bits per heavy atom. The molecule has 0 aromatic heterocycles. The van der Waals surface area contributed by atoms with Crippen LogP contribution in [0.1, 0.15) is 10.4 Å². The number of nitrogens with two attached hydrogens (primary N) is 1. The van der Waals surface area contributed by atoms with Gasteiger partial charge in [0.05, 0.1) is 40.1 Å². The zero-order valence-corrected chi connectivity index (χ0v) is 12.6. The smallest absolute Gasteiger partial charge is 0.255 e. The lowest BCUT2D eigenvalue weighted by Gasteiger charge is -2.14. The summed E-state index contributed by atoms with van der Waals surface area (Å²) in [5.41, 5.74) is 5.67. The minimum Gasteiger partial charge on any atom is -0.496 e. The van der Waals surface area contributed by atoms with Crippen molar-refractivity contribution in [3.63, 3.8) is 0 Å². The van der Waals surface area contributed by atoms with Crippen molar-refractivity contribution in [1.82, 2.24) is 5.32 Å². The number of nitrogens with one attached hydrogen (secondary N) is 1. The highest BCUT2D eigenvalue weighted by Crippen LogP contribution is 2.34. The van der Waals surface area contributed by atoms with E-state index in [0.29, 0.717) is 49.1 Å². The summed E-state index contributed by atoms with van der Waals surface area (Å²) in [7, 11) is 4.51. The Labute approximate surface area is 124 Å². The zero-order valence-electron chi connectivity index (χ0n) is 12.6. The van der Waals surface area contributed by atoms with E-state index in [9.17, 15) is 4.79 Å². The summed E-state index contributed by atoms with van der Waals surface area (Å²) < 4.78 is 20.8. The molecule has 118 valence electrons. The second kappa shape index (κ2) is 9.04. The van der Waals surface area contributed by atoms with Gasteiger partial charge in [-0.25, -0.2) is 0 Å². The molecule has 0 radical (unpaired) electrons. The molecular formula is C14H22N2O5. The molecule has 0 fully saturated rings. The molecule has 0 heterocycles. The molecule has 7 nitrogen and oxygen atoms in total. The summed E-state index contributed by atoms with van der Waals surface area (Å²) in [5.74, 6) is 1.09. The molecule has 1 aromatic rings. The third-order valence-electron chi connectivity index (χ3n) is 2.74. The molecule has 3 N–H and O–H groups in total. The molecular weight excluding hydrogens is 276 g/mol. The van der Waals surface area contributed by atoms with Gasteiger partial charge in [0.2, 0.25) is 0 Å². The number of benzene rings is 1. The minimum atomic E-state index is -0.274. The fraction of sp³-hybridized carbons (Fsp3) is 0.500.